The highest BCUT2D eigenvalue weighted by Gasteiger charge is 2.04. The Bertz CT molecular complexity index is 497. The van der Waals surface area contributed by atoms with Crippen LogP contribution in [0.4, 0.5) is 0 Å². The summed E-state index contributed by atoms with van der Waals surface area (Å²) in [6.45, 7) is 2.73. The molecular weight excluding hydrogens is 214 g/mol. The molecule has 0 unspecified atom stereocenters. The standard InChI is InChI=1S/C14H15NO2/c1-2-7-17-12-8-11(9-15-10-12)13-5-3-4-6-14(13)16/h3-6,8-10,16H,2,7H2,1H3. The van der Waals surface area contributed by atoms with Crippen LogP contribution in [0.15, 0.2) is 42.7 Å². The summed E-state index contributed by atoms with van der Waals surface area (Å²) < 4.78 is 5.51. The molecule has 0 aliphatic carbocycles. The molecule has 3 nitrogen and oxygen atoms in total. The zero-order valence-corrected chi connectivity index (χ0v) is 9.76. The molecule has 1 heterocycles. The molecule has 1 aromatic carbocycles. The molecule has 3 heteroatoms. The van der Waals surface area contributed by atoms with Crippen molar-refractivity contribution in [2.75, 3.05) is 6.61 Å². The second-order valence-electron chi connectivity index (χ2n) is 3.77. The predicted molar refractivity (Wildman–Crippen MR) is 67.1 cm³/mol. The monoisotopic (exact) mass is 229 g/mol. The molecule has 0 radical (unpaired) electrons. The van der Waals surface area contributed by atoms with E-state index in [0.29, 0.717) is 6.61 Å². The number of phenolic OH excluding ortho intramolecular Hbond substituents is 1. The molecule has 0 amide bonds. The van der Waals surface area contributed by atoms with Crippen LogP contribution < -0.4 is 4.74 Å². The first-order valence-electron chi connectivity index (χ1n) is 5.67. The van der Waals surface area contributed by atoms with Crippen LogP contribution in [0, 0.1) is 0 Å². The lowest BCUT2D eigenvalue weighted by Crippen LogP contribution is -1.95. The van der Waals surface area contributed by atoms with Gasteiger partial charge in [-0.15, -0.1) is 0 Å². The molecule has 88 valence electrons. The quantitative estimate of drug-likeness (QED) is 0.875. The lowest BCUT2D eigenvalue weighted by atomic mass is 10.1. The Morgan fingerprint density at radius 1 is 1.24 bits per heavy atom. The summed E-state index contributed by atoms with van der Waals surface area (Å²) >= 11 is 0. The van der Waals surface area contributed by atoms with Crippen molar-refractivity contribution in [2.24, 2.45) is 0 Å². The van der Waals surface area contributed by atoms with E-state index in [2.05, 4.69) is 11.9 Å². The lowest BCUT2D eigenvalue weighted by molar-refractivity contribution is 0.316. The number of ether oxygens (including phenoxy) is 1. The van der Waals surface area contributed by atoms with Gasteiger partial charge in [0.2, 0.25) is 0 Å². The number of hydrogen-bond donors (Lipinski definition) is 1. The van der Waals surface area contributed by atoms with Crippen LogP contribution in [0.2, 0.25) is 0 Å². The van der Waals surface area contributed by atoms with Gasteiger partial charge >= 0.3 is 0 Å². The van der Waals surface area contributed by atoms with Crippen LogP contribution in [0.1, 0.15) is 13.3 Å². The van der Waals surface area contributed by atoms with Gasteiger partial charge in [-0.2, -0.15) is 0 Å². The first kappa shape index (κ1) is 11.5. The zero-order chi connectivity index (χ0) is 12.1. The summed E-state index contributed by atoms with van der Waals surface area (Å²) in [5.74, 6) is 0.981. The SMILES string of the molecule is CCCOc1cncc(-c2ccccc2O)c1. The van der Waals surface area contributed by atoms with E-state index in [1.807, 2.05) is 18.2 Å². The minimum atomic E-state index is 0.252. The highest BCUT2D eigenvalue weighted by atomic mass is 16.5. The van der Waals surface area contributed by atoms with Gasteiger partial charge in [0.05, 0.1) is 12.8 Å². The molecule has 1 aromatic heterocycles. The summed E-state index contributed by atoms with van der Waals surface area (Å²) in [5.41, 5.74) is 1.62. The van der Waals surface area contributed by atoms with Crippen molar-refractivity contribution in [1.82, 2.24) is 4.98 Å². The Morgan fingerprint density at radius 2 is 2.06 bits per heavy atom. The van der Waals surface area contributed by atoms with E-state index in [-0.39, 0.29) is 5.75 Å². The molecule has 0 aliphatic heterocycles. The first-order chi connectivity index (χ1) is 8.31. The van der Waals surface area contributed by atoms with Gasteiger partial charge in [0.15, 0.2) is 0 Å². The number of nitrogens with zero attached hydrogens (tertiary/aromatic N) is 1. The number of hydrogen-bond acceptors (Lipinski definition) is 3. The summed E-state index contributed by atoms with van der Waals surface area (Å²) in [6.07, 6.45) is 4.35. The van der Waals surface area contributed by atoms with Crippen LogP contribution in [-0.2, 0) is 0 Å². The van der Waals surface area contributed by atoms with Crippen LogP contribution in [-0.4, -0.2) is 16.7 Å². The van der Waals surface area contributed by atoms with Crippen molar-refractivity contribution >= 4 is 0 Å². The Hall–Kier alpha value is -2.03. The fourth-order valence-corrected chi connectivity index (χ4v) is 1.58. The van der Waals surface area contributed by atoms with E-state index in [4.69, 9.17) is 4.74 Å². The van der Waals surface area contributed by atoms with E-state index in [1.165, 1.54) is 0 Å². The number of benzene rings is 1. The molecule has 0 saturated heterocycles. The Balaban J connectivity index is 2.30. The topological polar surface area (TPSA) is 42.4 Å². The summed E-state index contributed by atoms with van der Waals surface area (Å²) in [4.78, 5) is 4.12. The van der Waals surface area contributed by atoms with Gasteiger partial charge in [0, 0.05) is 17.3 Å². The molecule has 0 spiro atoms. The third kappa shape index (κ3) is 2.75. The lowest BCUT2D eigenvalue weighted by Gasteiger charge is -2.07. The zero-order valence-electron chi connectivity index (χ0n) is 9.76. The van der Waals surface area contributed by atoms with Gasteiger partial charge < -0.3 is 9.84 Å². The van der Waals surface area contributed by atoms with Gasteiger partial charge in [-0.3, -0.25) is 4.98 Å². The van der Waals surface area contributed by atoms with Crippen molar-refractivity contribution in [3.8, 4) is 22.6 Å². The maximum Gasteiger partial charge on any atom is 0.138 e. The first-order valence-corrected chi connectivity index (χ1v) is 5.67. The number of pyridine rings is 1. The number of rotatable bonds is 4. The highest BCUT2D eigenvalue weighted by Crippen LogP contribution is 2.29. The fraction of sp³-hybridized carbons (Fsp3) is 0.214. The van der Waals surface area contributed by atoms with E-state index in [9.17, 15) is 5.11 Å². The molecule has 1 N–H and O–H groups in total. The molecule has 0 bridgehead atoms. The largest absolute Gasteiger partial charge is 0.507 e. The Morgan fingerprint density at radius 3 is 2.82 bits per heavy atom. The fourth-order valence-electron chi connectivity index (χ4n) is 1.58. The van der Waals surface area contributed by atoms with Gasteiger partial charge in [0.25, 0.3) is 0 Å². The molecule has 0 aliphatic rings. The van der Waals surface area contributed by atoms with Crippen molar-refractivity contribution in [2.45, 2.75) is 13.3 Å². The van der Waals surface area contributed by atoms with Gasteiger partial charge in [0.1, 0.15) is 11.5 Å². The minimum Gasteiger partial charge on any atom is -0.507 e. The molecule has 0 saturated carbocycles. The van der Waals surface area contributed by atoms with E-state index in [1.54, 1.807) is 24.5 Å². The molecule has 0 fully saturated rings. The Labute approximate surface area is 101 Å². The average molecular weight is 229 g/mol. The van der Waals surface area contributed by atoms with Gasteiger partial charge in [-0.1, -0.05) is 25.1 Å². The normalized spacial score (nSPS) is 10.2. The van der Waals surface area contributed by atoms with Crippen LogP contribution in [0.3, 0.4) is 0 Å². The van der Waals surface area contributed by atoms with E-state index in [0.717, 1.165) is 23.3 Å². The third-order valence-electron chi connectivity index (χ3n) is 2.40. The number of aromatic hydroxyl groups is 1. The van der Waals surface area contributed by atoms with Crippen molar-refractivity contribution in [3.05, 3.63) is 42.7 Å². The second kappa shape index (κ2) is 5.34. The van der Waals surface area contributed by atoms with Gasteiger partial charge in [-0.25, -0.2) is 0 Å². The van der Waals surface area contributed by atoms with Crippen molar-refractivity contribution in [1.29, 1.82) is 0 Å². The molecule has 2 rings (SSSR count). The molecule has 17 heavy (non-hydrogen) atoms. The maximum atomic E-state index is 9.76. The molecule has 2 aromatic rings. The van der Waals surface area contributed by atoms with Gasteiger partial charge in [-0.05, 0) is 18.6 Å². The van der Waals surface area contributed by atoms with Crippen molar-refractivity contribution < 1.29 is 9.84 Å². The average Bonchev–Trinajstić information content (AvgIpc) is 2.37. The second-order valence-corrected chi connectivity index (χ2v) is 3.77. The van der Waals surface area contributed by atoms with Crippen molar-refractivity contribution in [3.63, 3.8) is 0 Å². The summed E-state index contributed by atoms with van der Waals surface area (Å²) in [7, 11) is 0. The van der Waals surface area contributed by atoms with Crippen LogP contribution in [0.25, 0.3) is 11.1 Å². The summed E-state index contributed by atoms with van der Waals surface area (Å²) in [5, 5.41) is 9.76. The number of para-hydroxylation sites is 1. The predicted octanol–water partition coefficient (Wildman–Crippen LogP) is 3.24. The number of phenols is 1. The van der Waals surface area contributed by atoms with Crippen LogP contribution >= 0.6 is 0 Å². The smallest absolute Gasteiger partial charge is 0.138 e. The van der Waals surface area contributed by atoms with Crippen LogP contribution in [0.5, 0.6) is 11.5 Å². The third-order valence-corrected chi connectivity index (χ3v) is 2.40. The summed E-state index contributed by atoms with van der Waals surface area (Å²) in [6, 6.07) is 9.08. The molecule has 0 atom stereocenters. The molecular formula is C14H15NO2. The Kier molecular flexibility index (Phi) is 3.60. The van der Waals surface area contributed by atoms with E-state index >= 15 is 0 Å². The maximum absolute atomic E-state index is 9.76. The number of aromatic nitrogens is 1. The van der Waals surface area contributed by atoms with E-state index < -0.39 is 0 Å². The minimum absolute atomic E-state index is 0.252. The highest BCUT2D eigenvalue weighted by molar-refractivity contribution is 5.70.